The van der Waals surface area contributed by atoms with Crippen molar-refractivity contribution in [2.75, 3.05) is 0 Å². The molecule has 0 aliphatic heterocycles. The van der Waals surface area contributed by atoms with E-state index in [1.54, 1.807) is 10.7 Å². The lowest BCUT2D eigenvalue weighted by Gasteiger charge is -2.03. The van der Waals surface area contributed by atoms with Gasteiger partial charge in [0.1, 0.15) is 5.69 Å². The third-order valence-corrected chi connectivity index (χ3v) is 2.69. The Morgan fingerprint density at radius 1 is 1.54 bits per heavy atom. The highest BCUT2D eigenvalue weighted by Gasteiger charge is 2.24. The summed E-state index contributed by atoms with van der Waals surface area (Å²) in [4.78, 5) is 11.8. The number of aryl methyl sites for hydroxylation is 1. The molecule has 0 saturated heterocycles. The third-order valence-electron chi connectivity index (χ3n) is 2.69. The molecule has 1 aliphatic rings. The number of aromatic nitrogens is 2. The maximum absolute atomic E-state index is 11.8. The van der Waals surface area contributed by atoms with Crippen LogP contribution in [0.1, 0.15) is 36.2 Å². The summed E-state index contributed by atoms with van der Waals surface area (Å²) >= 11 is 0. The van der Waals surface area contributed by atoms with Crippen molar-refractivity contribution in [1.82, 2.24) is 9.78 Å². The zero-order valence-corrected chi connectivity index (χ0v) is 7.86. The number of rotatable bonds is 2. The van der Waals surface area contributed by atoms with E-state index in [9.17, 15) is 4.79 Å². The lowest BCUT2D eigenvalue weighted by Crippen LogP contribution is -2.11. The van der Waals surface area contributed by atoms with Crippen LogP contribution in [0.15, 0.2) is 12.3 Å². The molecule has 1 aromatic rings. The predicted octanol–water partition coefficient (Wildman–Crippen LogP) is 1.79. The molecule has 0 unspecified atom stereocenters. The highest BCUT2D eigenvalue weighted by atomic mass is 16.1. The smallest absolute Gasteiger partial charge is 0.186 e. The molecule has 0 spiro atoms. The van der Waals surface area contributed by atoms with Crippen LogP contribution >= 0.6 is 0 Å². The fraction of sp³-hybridized carbons (Fsp3) is 0.600. The van der Waals surface area contributed by atoms with Gasteiger partial charge in [-0.3, -0.25) is 9.48 Å². The Bertz CT molecular complexity index is 310. The summed E-state index contributed by atoms with van der Waals surface area (Å²) in [5.41, 5.74) is 0.634. The molecule has 1 heterocycles. The van der Waals surface area contributed by atoms with Gasteiger partial charge in [-0.2, -0.15) is 5.10 Å². The van der Waals surface area contributed by atoms with Crippen molar-refractivity contribution in [3.63, 3.8) is 0 Å². The van der Waals surface area contributed by atoms with Gasteiger partial charge in [0.2, 0.25) is 0 Å². The first-order chi connectivity index (χ1) is 6.27. The van der Waals surface area contributed by atoms with Gasteiger partial charge in [-0.25, -0.2) is 0 Å². The first-order valence-corrected chi connectivity index (χ1v) is 4.81. The van der Waals surface area contributed by atoms with E-state index < -0.39 is 0 Å². The lowest BCUT2D eigenvalue weighted by atomic mass is 10.0. The van der Waals surface area contributed by atoms with Crippen molar-refractivity contribution < 1.29 is 4.79 Å². The largest absolute Gasteiger partial charge is 0.292 e. The summed E-state index contributed by atoms with van der Waals surface area (Å²) in [7, 11) is 1.84. The van der Waals surface area contributed by atoms with Gasteiger partial charge in [0, 0.05) is 19.2 Å². The Labute approximate surface area is 77.7 Å². The van der Waals surface area contributed by atoms with E-state index in [1.807, 2.05) is 13.2 Å². The molecule has 0 aromatic carbocycles. The number of ketones is 1. The van der Waals surface area contributed by atoms with Crippen molar-refractivity contribution in [2.45, 2.75) is 25.7 Å². The molecule has 1 saturated carbocycles. The standard InChI is InChI=1S/C10H14N2O/c1-12-7-6-9(11-12)10(13)8-4-2-3-5-8/h6-8H,2-5H2,1H3. The minimum atomic E-state index is 0.234. The molecule has 1 aliphatic carbocycles. The Kier molecular flexibility index (Phi) is 2.17. The van der Waals surface area contributed by atoms with Gasteiger partial charge < -0.3 is 0 Å². The van der Waals surface area contributed by atoms with E-state index >= 15 is 0 Å². The predicted molar refractivity (Wildman–Crippen MR) is 49.5 cm³/mol. The summed E-state index contributed by atoms with van der Waals surface area (Å²) in [6.07, 6.45) is 6.32. The number of carbonyl (C=O) groups excluding carboxylic acids is 1. The molecule has 1 aromatic heterocycles. The molecular formula is C10H14N2O. The highest BCUT2D eigenvalue weighted by molar-refractivity contribution is 5.96. The fourth-order valence-corrected chi connectivity index (χ4v) is 1.94. The molecule has 0 radical (unpaired) electrons. The number of nitrogens with zero attached hydrogens (tertiary/aromatic N) is 2. The van der Waals surface area contributed by atoms with Gasteiger partial charge in [-0.05, 0) is 18.9 Å². The zero-order chi connectivity index (χ0) is 9.26. The number of carbonyl (C=O) groups is 1. The van der Waals surface area contributed by atoms with Crippen molar-refractivity contribution in [2.24, 2.45) is 13.0 Å². The average Bonchev–Trinajstić information content (AvgIpc) is 2.72. The van der Waals surface area contributed by atoms with Crippen LogP contribution in [-0.2, 0) is 7.05 Å². The van der Waals surface area contributed by atoms with Crippen LogP contribution in [-0.4, -0.2) is 15.6 Å². The summed E-state index contributed by atoms with van der Waals surface area (Å²) in [6, 6.07) is 1.81. The van der Waals surface area contributed by atoms with E-state index in [0.717, 1.165) is 12.8 Å². The summed E-state index contributed by atoms with van der Waals surface area (Å²) in [5.74, 6) is 0.480. The maximum Gasteiger partial charge on any atom is 0.186 e. The van der Waals surface area contributed by atoms with E-state index in [0.29, 0.717) is 5.69 Å². The second-order valence-corrected chi connectivity index (χ2v) is 3.72. The molecule has 0 N–H and O–H groups in total. The SMILES string of the molecule is Cn1ccc(C(=O)C2CCCC2)n1. The van der Waals surface area contributed by atoms with Gasteiger partial charge in [0.15, 0.2) is 5.78 Å². The van der Waals surface area contributed by atoms with Crippen molar-refractivity contribution >= 4 is 5.78 Å². The first kappa shape index (κ1) is 8.48. The Morgan fingerprint density at radius 3 is 2.77 bits per heavy atom. The van der Waals surface area contributed by atoms with Gasteiger partial charge >= 0.3 is 0 Å². The molecule has 13 heavy (non-hydrogen) atoms. The Balaban J connectivity index is 2.12. The Hall–Kier alpha value is -1.12. The maximum atomic E-state index is 11.8. The van der Waals surface area contributed by atoms with E-state index in [1.165, 1.54) is 12.8 Å². The summed E-state index contributed by atoms with van der Waals surface area (Å²) in [6.45, 7) is 0. The molecule has 3 nitrogen and oxygen atoms in total. The number of Topliss-reactive ketones (excluding diaryl/α,β-unsaturated/α-hetero) is 1. The van der Waals surface area contributed by atoms with Gasteiger partial charge in [-0.15, -0.1) is 0 Å². The number of hydrogen-bond acceptors (Lipinski definition) is 2. The van der Waals surface area contributed by atoms with Crippen molar-refractivity contribution in [3.8, 4) is 0 Å². The van der Waals surface area contributed by atoms with Crippen LogP contribution in [0.4, 0.5) is 0 Å². The average molecular weight is 178 g/mol. The monoisotopic (exact) mass is 178 g/mol. The van der Waals surface area contributed by atoms with Crippen LogP contribution in [0, 0.1) is 5.92 Å². The normalized spacial score (nSPS) is 17.9. The Morgan fingerprint density at radius 2 is 2.23 bits per heavy atom. The van der Waals surface area contributed by atoms with Gasteiger partial charge in [-0.1, -0.05) is 12.8 Å². The van der Waals surface area contributed by atoms with Crippen LogP contribution in [0.25, 0.3) is 0 Å². The summed E-state index contributed by atoms with van der Waals surface area (Å²) in [5, 5.41) is 4.12. The second-order valence-electron chi connectivity index (χ2n) is 3.72. The molecule has 0 amide bonds. The van der Waals surface area contributed by atoms with E-state index in [2.05, 4.69) is 5.10 Å². The highest BCUT2D eigenvalue weighted by Crippen LogP contribution is 2.27. The van der Waals surface area contributed by atoms with Crippen LogP contribution < -0.4 is 0 Å². The molecule has 2 rings (SSSR count). The van der Waals surface area contributed by atoms with Crippen LogP contribution in [0.5, 0.6) is 0 Å². The van der Waals surface area contributed by atoms with Gasteiger partial charge in [0.05, 0.1) is 0 Å². The fourth-order valence-electron chi connectivity index (χ4n) is 1.94. The van der Waals surface area contributed by atoms with E-state index in [-0.39, 0.29) is 11.7 Å². The first-order valence-electron chi connectivity index (χ1n) is 4.81. The van der Waals surface area contributed by atoms with Crippen molar-refractivity contribution in [1.29, 1.82) is 0 Å². The topological polar surface area (TPSA) is 34.9 Å². The molecular weight excluding hydrogens is 164 g/mol. The second kappa shape index (κ2) is 3.32. The molecule has 70 valence electrons. The molecule has 3 heteroatoms. The molecule has 0 atom stereocenters. The lowest BCUT2D eigenvalue weighted by molar-refractivity contribution is 0.0917. The minimum Gasteiger partial charge on any atom is -0.292 e. The third kappa shape index (κ3) is 1.64. The molecule has 1 fully saturated rings. The molecule has 0 bridgehead atoms. The number of hydrogen-bond donors (Lipinski definition) is 0. The van der Waals surface area contributed by atoms with Crippen LogP contribution in [0.2, 0.25) is 0 Å². The minimum absolute atomic E-state index is 0.234. The van der Waals surface area contributed by atoms with Gasteiger partial charge in [0.25, 0.3) is 0 Å². The quantitative estimate of drug-likeness (QED) is 0.647. The summed E-state index contributed by atoms with van der Waals surface area (Å²) < 4.78 is 1.68. The van der Waals surface area contributed by atoms with E-state index in [4.69, 9.17) is 0 Å². The van der Waals surface area contributed by atoms with Crippen molar-refractivity contribution in [3.05, 3.63) is 18.0 Å². The van der Waals surface area contributed by atoms with Crippen LogP contribution in [0.3, 0.4) is 0 Å². The zero-order valence-electron chi connectivity index (χ0n) is 7.86.